The van der Waals surface area contributed by atoms with Crippen LogP contribution in [0, 0.1) is 12.8 Å². The van der Waals surface area contributed by atoms with E-state index in [4.69, 9.17) is 27.9 Å². The second-order valence-electron chi connectivity index (χ2n) is 7.41. The molecule has 5 nitrogen and oxygen atoms in total. The van der Waals surface area contributed by atoms with Gasteiger partial charge in [0, 0.05) is 18.7 Å². The van der Waals surface area contributed by atoms with Gasteiger partial charge in [0.1, 0.15) is 11.5 Å². The Morgan fingerprint density at radius 1 is 1.00 bits per heavy atom. The van der Waals surface area contributed by atoms with Gasteiger partial charge in [0.15, 0.2) is 0 Å². The van der Waals surface area contributed by atoms with Gasteiger partial charge in [-0.1, -0.05) is 47.0 Å². The molecule has 4 rings (SSSR count). The minimum atomic E-state index is -0.481. The van der Waals surface area contributed by atoms with E-state index in [9.17, 15) is 9.59 Å². The molecule has 1 heterocycles. The number of nitrogens with zero attached hydrogens (tertiary/aromatic N) is 1. The van der Waals surface area contributed by atoms with Crippen molar-refractivity contribution in [3.63, 3.8) is 0 Å². The molecule has 1 atom stereocenters. The molecule has 7 heteroatoms. The van der Waals surface area contributed by atoms with E-state index in [2.05, 4.69) is 5.32 Å². The van der Waals surface area contributed by atoms with Crippen molar-refractivity contribution in [2.45, 2.75) is 13.3 Å². The van der Waals surface area contributed by atoms with Gasteiger partial charge in [-0.2, -0.15) is 0 Å². The molecule has 158 valence electrons. The Kier molecular flexibility index (Phi) is 6.16. The van der Waals surface area contributed by atoms with Gasteiger partial charge >= 0.3 is 0 Å². The number of carbonyl (C=O) groups excluding carboxylic acids is 2. The maximum atomic E-state index is 12.7. The van der Waals surface area contributed by atoms with E-state index < -0.39 is 5.92 Å². The molecule has 3 aromatic carbocycles. The van der Waals surface area contributed by atoms with Crippen molar-refractivity contribution in [1.29, 1.82) is 0 Å². The van der Waals surface area contributed by atoms with Gasteiger partial charge in [0.05, 0.1) is 21.7 Å². The first-order valence-electron chi connectivity index (χ1n) is 9.80. The lowest BCUT2D eigenvalue weighted by atomic mass is 10.1. The summed E-state index contributed by atoms with van der Waals surface area (Å²) in [4.78, 5) is 26.7. The van der Waals surface area contributed by atoms with Gasteiger partial charge in [-0.25, -0.2) is 0 Å². The van der Waals surface area contributed by atoms with Crippen molar-refractivity contribution >= 4 is 46.4 Å². The van der Waals surface area contributed by atoms with Crippen LogP contribution in [0.2, 0.25) is 10.0 Å². The number of amides is 2. The molecule has 0 spiro atoms. The van der Waals surface area contributed by atoms with Gasteiger partial charge < -0.3 is 15.0 Å². The Bertz CT molecular complexity index is 1110. The third-order valence-electron chi connectivity index (χ3n) is 5.10. The quantitative estimate of drug-likeness (QED) is 0.507. The Balaban J connectivity index is 1.38. The zero-order valence-corrected chi connectivity index (χ0v) is 18.3. The number of ether oxygens (including phenoxy) is 1. The standard InChI is InChI=1S/C24H20Cl2N2O3/c1-15-5-9-18(10-6-15)31-19-11-7-17(8-12-19)27-24(30)16-13-22(29)28(14-16)21-4-2-3-20(25)23(21)26/h2-12,16H,13-14H2,1H3,(H,27,30)/t16-/m0/s1. The monoisotopic (exact) mass is 454 g/mol. The lowest BCUT2D eigenvalue weighted by Gasteiger charge is -2.18. The first-order chi connectivity index (χ1) is 14.9. The minimum Gasteiger partial charge on any atom is -0.457 e. The number of carbonyl (C=O) groups is 2. The van der Waals surface area contributed by atoms with Gasteiger partial charge in [0.2, 0.25) is 11.8 Å². The molecule has 1 aliphatic rings. The summed E-state index contributed by atoms with van der Waals surface area (Å²) in [5, 5.41) is 3.54. The zero-order chi connectivity index (χ0) is 22.0. The first-order valence-corrected chi connectivity index (χ1v) is 10.6. The summed E-state index contributed by atoms with van der Waals surface area (Å²) in [5.41, 5.74) is 2.31. The molecule has 1 saturated heterocycles. The van der Waals surface area contributed by atoms with E-state index in [0.717, 1.165) is 11.3 Å². The predicted octanol–water partition coefficient (Wildman–Crippen LogP) is 6.09. The summed E-state index contributed by atoms with van der Waals surface area (Å²) < 4.78 is 5.80. The summed E-state index contributed by atoms with van der Waals surface area (Å²) in [6.07, 6.45) is 0.114. The number of halogens is 2. The molecule has 31 heavy (non-hydrogen) atoms. The van der Waals surface area contributed by atoms with Crippen LogP contribution in [0.25, 0.3) is 0 Å². The number of rotatable bonds is 5. The van der Waals surface area contributed by atoms with Gasteiger partial charge in [-0.15, -0.1) is 0 Å². The molecule has 0 radical (unpaired) electrons. The van der Waals surface area contributed by atoms with Crippen LogP contribution in [-0.2, 0) is 9.59 Å². The van der Waals surface area contributed by atoms with E-state index >= 15 is 0 Å². The molecule has 0 saturated carbocycles. The van der Waals surface area contributed by atoms with Crippen molar-refractivity contribution in [2.75, 3.05) is 16.8 Å². The second-order valence-corrected chi connectivity index (χ2v) is 8.19. The van der Waals surface area contributed by atoms with Crippen LogP contribution in [0.1, 0.15) is 12.0 Å². The summed E-state index contributed by atoms with van der Waals surface area (Å²) in [5.74, 6) is 0.546. The van der Waals surface area contributed by atoms with Crippen molar-refractivity contribution in [1.82, 2.24) is 0 Å². The van der Waals surface area contributed by atoms with Crippen molar-refractivity contribution in [3.8, 4) is 11.5 Å². The topological polar surface area (TPSA) is 58.6 Å². The van der Waals surface area contributed by atoms with Crippen molar-refractivity contribution < 1.29 is 14.3 Å². The summed E-state index contributed by atoms with van der Waals surface area (Å²) in [6, 6.07) is 20.0. The highest BCUT2D eigenvalue weighted by Gasteiger charge is 2.36. The van der Waals surface area contributed by atoms with E-state index in [-0.39, 0.29) is 24.8 Å². The Hall–Kier alpha value is -3.02. The van der Waals surface area contributed by atoms with E-state index in [1.165, 1.54) is 4.90 Å². The fourth-order valence-electron chi connectivity index (χ4n) is 3.41. The number of benzene rings is 3. The van der Waals surface area contributed by atoms with Crippen molar-refractivity contribution in [2.24, 2.45) is 5.92 Å². The van der Waals surface area contributed by atoms with Crippen LogP contribution in [-0.4, -0.2) is 18.4 Å². The van der Waals surface area contributed by atoms with Crippen LogP contribution < -0.4 is 15.0 Å². The zero-order valence-electron chi connectivity index (χ0n) is 16.8. The molecule has 0 aliphatic carbocycles. The minimum absolute atomic E-state index is 0.114. The largest absolute Gasteiger partial charge is 0.457 e. The molecule has 2 amide bonds. The smallest absolute Gasteiger partial charge is 0.229 e. The fraction of sp³-hybridized carbons (Fsp3) is 0.167. The molecule has 0 aromatic heterocycles. The molecule has 3 aromatic rings. The van der Waals surface area contributed by atoms with Crippen LogP contribution >= 0.6 is 23.2 Å². The average molecular weight is 455 g/mol. The van der Waals surface area contributed by atoms with Crippen LogP contribution in [0.5, 0.6) is 11.5 Å². The maximum absolute atomic E-state index is 12.7. The SMILES string of the molecule is Cc1ccc(Oc2ccc(NC(=O)[C@H]3CC(=O)N(c4cccc(Cl)c4Cl)C3)cc2)cc1. The highest BCUT2D eigenvalue weighted by molar-refractivity contribution is 6.44. The van der Waals surface area contributed by atoms with Crippen LogP contribution in [0.4, 0.5) is 11.4 Å². The predicted molar refractivity (Wildman–Crippen MR) is 123 cm³/mol. The van der Waals surface area contributed by atoms with Gasteiger partial charge in [-0.3, -0.25) is 9.59 Å². The Morgan fingerprint density at radius 2 is 1.65 bits per heavy atom. The van der Waals surface area contributed by atoms with E-state index in [1.807, 2.05) is 31.2 Å². The number of aryl methyl sites for hydroxylation is 1. The summed E-state index contributed by atoms with van der Waals surface area (Å²) >= 11 is 12.3. The number of anilines is 2. The Morgan fingerprint density at radius 3 is 2.32 bits per heavy atom. The van der Waals surface area contributed by atoms with E-state index in [1.54, 1.807) is 42.5 Å². The molecule has 1 N–H and O–H groups in total. The van der Waals surface area contributed by atoms with E-state index in [0.29, 0.717) is 27.2 Å². The van der Waals surface area contributed by atoms with Gasteiger partial charge in [-0.05, 0) is 55.5 Å². The molecular formula is C24H20Cl2N2O3. The summed E-state index contributed by atoms with van der Waals surface area (Å²) in [6.45, 7) is 2.27. The third kappa shape index (κ3) is 4.84. The molecule has 1 fully saturated rings. The third-order valence-corrected chi connectivity index (χ3v) is 5.91. The van der Waals surface area contributed by atoms with Crippen LogP contribution in [0.3, 0.4) is 0 Å². The number of hydrogen-bond acceptors (Lipinski definition) is 3. The van der Waals surface area contributed by atoms with Gasteiger partial charge in [0.25, 0.3) is 0 Å². The lowest BCUT2D eigenvalue weighted by Crippen LogP contribution is -2.28. The Labute approximate surface area is 190 Å². The molecule has 0 unspecified atom stereocenters. The van der Waals surface area contributed by atoms with Crippen molar-refractivity contribution in [3.05, 3.63) is 82.3 Å². The second kappa shape index (κ2) is 9.00. The van der Waals surface area contributed by atoms with Crippen LogP contribution in [0.15, 0.2) is 66.7 Å². The lowest BCUT2D eigenvalue weighted by molar-refractivity contribution is -0.122. The molecule has 0 bridgehead atoms. The average Bonchev–Trinajstić information content (AvgIpc) is 3.15. The molecule has 1 aliphatic heterocycles. The highest BCUT2D eigenvalue weighted by Crippen LogP contribution is 2.36. The number of hydrogen-bond donors (Lipinski definition) is 1. The maximum Gasteiger partial charge on any atom is 0.229 e. The first kappa shape index (κ1) is 21.2. The highest BCUT2D eigenvalue weighted by atomic mass is 35.5. The normalized spacial score (nSPS) is 15.8. The number of nitrogens with one attached hydrogen (secondary N) is 1. The fourth-order valence-corrected chi connectivity index (χ4v) is 3.81. The summed E-state index contributed by atoms with van der Waals surface area (Å²) in [7, 11) is 0. The molecular weight excluding hydrogens is 435 g/mol.